The summed E-state index contributed by atoms with van der Waals surface area (Å²) in [6.45, 7) is 4.75. The van der Waals surface area contributed by atoms with Gasteiger partial charge in [-0.1, -0.05) is 19.1 Å². The van der Waals surface area contributed by atoms with Crippen LogP contribution in [0.25, 0.3) is 0 Å². The predicted molar refractivity (Wildman–Crippen MR) is 128 cm³/mol. The SMILES string of the molecule is CC(=O)O[C@@H](OC1CCN(C(=O)C(C)CC(=O)c2ccc(C#N)cc2)CC1)C1CCN(C(=O)O)CC1. The molecular weight excluding hydrogens is 466 g/mol. The van der Waals surface area contributed by atoms with Gasteiger partial charge in [0.25, 0.3) is 0 Å². The highest BCUT2D eigenvalue weighted by atomic mass is 16.7. The Labute approximate surface area is 210 Å². The number of benzene rings is 1. The van der Waals surface area contributed by atoms with Crippen LogP contribution < -0.4 is 0 Å². The molecule has 0 aliphatic carbocycles. The van der Waals surface area contributed by atoms with Gasteiger partial charge in [-0.15, -0.1) is 0 Å². The molecule has 2 fully saturated rings. The Morgan fingerprint density at radius 3 is 2.14 bits per heavy atom. The van der Waals surface area contributed by atoms with Gasteiger partial charge in [0.15, 0.2) is 5.78 Å². The van der Waals surface area contributed by atoms with Crippen molar-refractivity contribution in [2.45, 2.75) is 58.3 Å². The second kappa shape index (κ2) is 12.5. The van der Waals surface area contributed by atoms with Gasteiger partial charge in [-0.3, -0.25) is 14.4 Å². The maximum atomic E-state index is 12.9. The van der Waals surface area contributed by atoms with Crippen molar-refractivity contribution in [3.63, 3.8) is 0 Å². The number of Topliss-reactive ketones (excluding diaryl/α,β-unsaturated/α-hetero) is 1. The van der Waals surface area contributed by atoms with Gasteiger partial charge in [-0.05, 0) is 37.8 Å². The van der Waals surface area contributed by atoms with Crippen molar-refractivity contribution in [1.82, 2.24) is 9.80 Å². The number of likely N-dealkylation sites (tertiary alicyclic amines) is 2. The summed E-state index contributed by atoms with van der Waals surface area (Å²) in [4.78, 5) is 51.4. The second-order valence-corrected chi connectivity index (χ2v) is 9.46. The normalized spacial score (nSPS) is 18.7. The van der Waals surface area contributed by atoms with Crippen LogP contribution in [0.5, 0.6) is 0 Å². The van der Waals surface area contributed by atoms with E-state index >= 15 is 0 Å². The fourth-order valence-corrected chi connectivity index (χ4v) is 4.69. The Morgan fingerprint density at radius 1 is 1.03 bits per heavy atom. The van der Waals surface area contributed by atoms with Gasteiger partial charge in [-0.25, -0.2) is 4.79 Å². The number of carbonyl (C=O) groups excluding carboxylic acids is 3. The zero-order chi connectivity index (χ0) is 26.2. The van der Waals surface area contributed by atoms with E-state index in [-0.39, 0.29) is 30.1 Å². The number of esters is 1. The van der Waals surface area contributed by atoms with E-state index in [0.717, 1.165) is 0 Å². The summed E-state index contributed by atoms with van der Waals surface area (Å²) in [5.41, 5.74) is 0.953. The average Bonchev–Trinajstić information content (AvgIpc) is 2.88. The first-order valence-electron chi connectivity index (χ1n) is 12.3. The molecule has 2 atom stereocenters. The number of piperidine rings is 2. The Kier molecular flexibility index (Phi) is 9.42. The maximum Gasteiger partial charge on any atom is 0.407 e. The molecule has 2 aliphatic rings. The van der Waals surface area contributed by atoms with Crippen LogP contribution in [0.3, 0.4) is 0 Å². The third-order valence-corrected chi connectivity index (χ3v) is 6.81. The molecule has 36 heavy (non-hydrogen) atoms. The lowest BCUT2D eigenvalue weighted by Crippen LogP contribution is -2.46. The van der Waals surface area contributed by atoms with Gasteiger partial charge in [0.1, 0.15) is 0 Å². The number of ketones is 1. The lowest BCUT2D eigenvalue weighted by Gasteiger charge is -2.38. The number of nitriles is 1. The third kappa shape index (κ3) is 7.28. The molecule has 1 aromatic carbocycles. The van der Waals surface area contributed by atoms with Crippen molar-refractivity contribution >= 4 is 23.8 Å². The van der Waals surface area contributed by atoms with Crippen LogP contribution in [0.2, 0.25) is 0 Å². The number of rotatable bonds is 8. The van der Waals surface area contributed by atoms with Gasteiger partial charge < -0.3 is 24.4 Å². The maximum absolute atomic E-state index is 12.9. The van der Waals surface area contributed by atoms with E-state index < -0.39 is 24.3 Å². The number of hydrogen-bond donors (Lipinski definition) is 1. The van der Waals surface area contributed by atoms with Crippen molar-refractivity contribution in [2.24, 2.45) is 11.8 Å². The third-order valence-electron chi connectivity index (χ3n) is 6.81. The standard InChI is InChI=1S/C26H33N3O7/c1-17(15-23(31)20-5-3-19(16-27)4-6-20)24(32)28-13-9-22(10-14-28)36-25(35-18(2)30)21-7-11-29(12-8-21)26(33)34/h3-6,17,21-22,25H,7-15H2,1-2H3,(H,33,34)/t17?,25-/m0/s1. The van der Waals surface area contributed by atoms with Crippen LogP contribution in [0.15, 0.2) is 24.3 Å². The van der Waals surface area contributed by atoms with Crippen molar-refractivity contribution in [3.8, 4) is 6.07 Å². The Hall–Kier alpha value is -3.45. The summed E-state index contributed by atoms with van der Waals surface area (Å²) < 4.78 is 11.6. The number of carboxylic acid groups (broad SMARTS) is 1. The summed E-state index contributed by atoms with van der Waals surface area (Å²) in [6.07, 6.45) is 0.453. The van der Waals surface area contributed by atoms with Crippen molar-refractivity contribution in [2.75, 3.05) is 26.2 Å². The van der Waals surface area contributed by atoms with Crippen LogP contribution in [-0.4, -0.2) is 77.2 Å². The van der Waals surface area contributed by atoms with E-state index in [9.17, 15) is 19.2 Å². The molecule has 1 N–H and O–H groups in total. The zero-order valence-electron chi connectivity index (χ0n) is 20.7. The van der Waals surface area contributed by atoms with Crippen molar-refractivity contribution in [3.05, 3.63) is 35.4 Å². The molecule has 2 saturated heterocycles. The lowest BCUT2D eigenvalue weighted by atomic mass is 9.95. The Bertz CT molecular complexity index is 988. The molecule has 3 rings (SSSR count). The van der Waals surface area contributed by atoms with Crippen molar-refractivity contribution in [1.29, 1.82) is 5.26 Å². The van der Waals surface area contributed by atoms with Gasteiger partial charge in [0, 0.05) is 56.9 Å². The van der Waals surface area contributed by atoms with E-state index in [4.69, 9.17) is 19.8 Å². The summed E-state index contributed by atoms with van der Waals surface area (Å²) in [6, 6.07) is 8.39. The summed E-state index contributed by atoms with van der Waals surface area (Å²) in [5, 5.41) is 18.0. The summed E-state index contributed by atoms with van der Waals surface area (Å²) in [7, 11) is 0. The molecule has 1 unspecified atom stereocenters. The highest BCUT2D eigenvalue weighted by Gasteiger charge is 2.34. The molecule has 0 radical (unpaired) electrons. The van der Waals surface area contributed by atoms with Crippen LogP contribution in [-0.2, 0) is 19.1 Å². The Balaban J connectivity index is 1.48. The minimum Gasteiger partial charge on any atom is -0.465 e. The average molecular weight is 500 g/mol. The van der Waals surface area contributed by atoms with Gasteiger partial charge in [0.2, 0.25) is 12.2 Å². The molecule has 1 aromatic rings. The molecule has 0 aromatic heterocycles. The summed E-state index contributed by atoms with van der Waals surface area (Å²) in [5.74, 6) is -1.24. The number of ether oxygens (including phenoxy) is 2. The monoisotopic (exact) mass is 499 g/mol. The minimum atomic E-state index is -0.955. The zero-order valence-corrected chi connectivity index (χ0v) is 20.7. The first-order valence-corrected chi connectivity index (χ1v) is 12.3. The minimum absolute atomic E-state index is 0.0857. The fraction of sp³-hybridized carbons (Fsp3) is 0.577. The van der Waals surface area contributed by atoms with Gasteiger partial charge in [0.05, 0.1) is 17.7 Å². The molecule has 2 heterocycles. The van der Waals surface area contributed by atoms with E-state index in [1.165, 1.54) is 11.8 Å². The number of nitrogens with zero attached hydrogens (tertiary/aromatic N) is 3. The Morgan fingerprint density at radius 2 is 1.61 bits per heavy atom. The molecule has 0 bridgehead atoms. The van der Waals surface area contributed by atoms with Crippen molar-refractivity contribution < 1.29 is 33.8 Å². The molecule has 10 nitrogen and oxygen atoms in total. The van der Waals surface area contributed by atoms with Crippen LogP contribution in [0, 0.1) is 23.2 Å². The summed E-state index contributed by atoms with van der Waals surface area (Å²) >= 11 is 0. The molecule has 0 spiro atoms. The number of hydrogen-bond acceptors (Lipinski definition) is 7. The largest absolute Gasteiger partial charge is 0.465 e. The van der Waals surface area contributed by atoms with Crippen LogP contribution >= 0.6 is 0 Å². The molecular formula is C26H33N3O7. The van der Waals surface area contributed by atoms with Crippen LogP contribution in [0.1, 0.15) is 61.9 Å². The highest BCUT2D eigenvalue weighted by Crippen LogP contribution is 2.27. The fourth-order valence-electron chi connectivity index (χ4n) is 4.69. The lowest BCUT2D eigenvalue weighted by molar-refractivity contribution is -0.211. The number of amides is 2. The number of carbonyl (C=O) groups is 4. The molecule has 10 heteroatoms. The van der Waals surface area contributed by atoms with E-state index in [0.29, 0.717) is 63.0 Å². The van der Waals surface area contributed by atoms with Crippen LogP contribution in [0.4, 0.5) is 4.79 Å². The topological polar surface area (TPSA) is 137 Å². The molecule has 194 valence electrons. The smallest absolute Gasteiger partial charge is 0.407 e. The van der Waals surface area contributed by atoms with E-state index in [1.807, 2.05) is 6.07 Å². The highest BCUT2D eigenvalue weighted by molar-refractivity contribution is 5.98. The quantitative estimate of drug-likeness (QED) is 0.327. The second-order valence-electron chi connectivity index (χ2n) is 9.46. The molecule has 0 saturated carbocycles. The first-order chi connectivity index (χ1) is 17.2. The molecule has 2 aliphatic heterocycles. The molecule has 2 amide bonds. The first kappa shape index (κ1) is 27.1. The van der Waals surface area contributed by atoms with E-state index in [2.05, 4.69) is 0 Å². The van der Waals surface area contributed by atoms with E-state index in [1.54, 1.807) is 36.1 Å². The van der Waals surface area contributed by atoms with Gasteiger partial charge in [-0.2, -0.15) is 5.26 Å². The predicted octanol–water partition coefficient (Wildman–Crippen LogP) is 3.05. The van der Waals surface area contributed by atoms with Gasteiger partial charge >= 0.3 is 12.1 Å².